The zero-order valence-corrected chi connectivity index (χ0v) is 10.8. The number of carbonyl (C=O) groups is 2. The predicted molar refractivity (Wildman–Crippen MR) is 67.6 cm³/mol. The predicted octanol–water partition coefficient (Wildman–Crippen LogP) is 2.13. The summed E-state index contributed by atoms with van der Waals surface area (Å²) in [5.41, 5.74) is -0.192. The van der Waals surface area contributed by atoms with Crippen molar-refractivity contribution in [2.24, 2.45) is 5.92 Å². The first kappa shape index (κ1) is 15.1. The normalized spacial score (nSPS) is 11.9. The van der Waals surface area contributed by atoms with Crippen LogP contribution < -0.4 is 5.32 Å². The summed E-state index contributed by atoms with van der Waals surface area (Å²) in [4.78, 5) is 22.3. The van der Waals surface area contributed by atoms with E-state index in [9.17, 15) is 14.0 Å². The van der Waals surface area contributed by atoms with Crippen LogP contribution in [0.3, 0.4) is 0 Å². The maximum Gasteiger partial charge on any atom is 0.338 e. The molecule has 104 valence electrons. The van der Waals surface area contributed by atoms with Crippen LogP contribution in [-0.2, 0) is 9.53 Å². The molecule has 1 unspecified atom stereocenters. The Balaban J connectivity index is 2.65. The number of halogens is 1. The summed E-state index contributed by atoms with van der Waals surface area (Å²) in [7, 11) is 1.55. The molecule has 6 heteroatoms. The van der Waals surface area contributed by atoms with Gasteiger partial charge in [0.1, 0.15) is 5.82 Å². The maximum atomic E-state index is 13.4. The average molecular weight is 269 g/mol. The average Bonchev–Trinajstić information content (AvgIpc) is 2.28. The standard InChI is InChI=1S/C13H16FNO4/c1-8(7-19-2)5-12(16)15-9-3-4-10(13(17)18)11(14)6-9/h3-4,6,8H,5,7H2,1-2H3,(H,15,16)(H,17,18). The molecule has 0 radical (unpaired) electrons. The second-order valence-electron chi connectivity index (χ2n) is 4.31. The highest BCUT2D eigenvalue weighted by molar-refractivity contribution is 5.92. The smallest absolute Gasteiger partial charge is 0.338 e. The van der Waals surface area contributed by atoms with E-state index in [1.165, 1.54) is 6.07 Å². The van der Waals surface area contributed by atoms with Crippen LogP contribution >= 0.6 is 0 Å². The van der Waals surface area contributed by atoms with Gasteiger partial charge in [0.25, 0.3) is 0 Å². The Hall–Kier alpha value is -1.95. The number of hydrogen-bond acceptors (Lipinski definition) is 3. The summed E-state index contributed by atoms with van der Waals surface area (Å²) in [5, 5.41) is 11.2. The molecule has 0 fully saturated rings. The molecule has 0 spiro atoms. The fourth-order valence-electron chi connectivity index (χ4n) is 1.64. The zero-order chi connectivity index (χ0) is 14.4. The van der Waals surface area contributed by atoms with E-state index in [1.54, 1.807) is 7.11 Å². The Kier molecular flexibility index (Phi) is 5.44. The van der Waals surface area contributed by atoms with Gasteiger partial charge in [-0.1, -0.05) is 6.92 Å². The SMILES string of the molecule is COCC(C)CC(=O)Nc1ccc(C(=O)O)c(F)c1. The molecule has 1 aromatic carbocycles. The van der Waals surface area contributed by atoms with Crippen molar-refractivity contribution in [2.75, 3.05) is 19.0 Å². The minimum absolute atomic E-state index is 0.0492. The summed E-state index contributed by atoms with van der Waals surface area (Å²) in [5.74, 6) is -2.44. The van der Waals surface area contributed by atoms with Crippen LogP contribution in [0.25, 0.3) is 0 Å². The number of aromatic carboxylic acids is 1. The van der Waals surface area contributed by atoms with E-state index in [1.807, 2.05) is 6.92 Å². The Morgan fingerprint density at radius 2 is 2.16 bits per heavy atom. The van der Waals surface area contributed by atoms with Crippen LogP contribution in [0.2, 0.25) is 0 Å². The van der Waals surface area contributed by atoms with E-state index < -0.39 is 17.3 Å². The molecule has 0 saturated carbocycles. The lowest BCUT2D eigenvalue weighted by Gasteiger charge is -2.10. The van der Waals surface area contributed by atoms with Gasteiger partial charge in [-0.25, -0.2) is 9.18 Å². The maximum absolute atomic E-state index is 13.4. The van der Waals surface area contributed by atoms with Crippen LogP contribution in [-0.4, -0.2) is 30.7 Å². The number of carbonyl (C=O) groups excluding carboxylic acids is 1. The molecule has 5 nitrogen and oxygen atoms in total. The van der Waals surface area contributed by atoms with E-state index in [0.29, 0.717) is 6.61 Å². The first-order valence-corrected chi connectivity index (χ1v) is 5.75. The summed E-state index contributed by atoms with van der Waals surface area (Å²) < 4.78 is 18.3. The third-order valence-electron chi connectivity index (χ3n) is 2.47. The Bertz CT molecular complexity index is 476. The largest absolute Gasteiger partial charge is 0.478 e. The van der Waals surface area contributed by atoms with Crippen molar-refractivity contribution >= 4 is 17.6 Å². The fraction of sp³-hybridized carbons (Fsp3) is 0.385. The molecule has 1 rings (SSSR count). The van der Waals surface area contributed by atoms with Crippen molar-refractivity contribution in [3.05, 3.63) is 29.6 Å². The van der Waals surface area contributed by atoms with Gasteiger partial charge in [-0.3, -0.25) is 4.79 Å². The number of rotatable bonds is 6. The number of amides is 1. The van der Waals surface area contributed by atoms with Crippen molar-refractivity contribution in [3.63, 3.8) is 0 Å². The minimum Gasteiger partial charge on any atom is -0.478 e. The van der Waals surface area contributed by atoms with Crippen molar-refractivity contribution in [2.45, 2.75) is 13.3 Å². The molecule has 0 aliphatic carbocycles. The second kappa shape index (κ2) is 6.84. The molecule has 0 aliphatic heterocycles. The first-order valence-electron chi connectivity index (χ1n) is 5.75. The number of carboxylic acids is 1. The second-order valence-corrected chi connectivity index (χ2v) is 4.31. The summed E-state index contributed by atoms with van der Waals surface area (Å²) in [6.07, 6.45) is 0.246. The number of methoxy groups -OCH3 is 1. The fourth-order valence-corrected chi connectivity index (χ4v) is 1.64. The Morgan fingerprint density at radius 3 is 2.68 bits per heavy atom. The highest BCUT2D eigenvalue weighted by Gasteiger charge is 2.13. The van der Waals surface area contributed by atoms with E-state index in [4.69, 9.17) is 9.84 Å². The van der Waals surface area contributed by atoms with Crippen LogP contribution in [0.1, 0.15) is 23.7 Å². The van der Waals surface area contributed by atoms with Gasteiger partial charge in [-0.2, -0.15) is 0 Å². The summed E-state index contributed by atoms with van der Waals surface area (Å²) >= 11 is 0. The summed E-state index contributed by atoms with van der Waals surface area (Å²) in [6, 6.07) is 3.46. The molecule has 1 amide bonds. The van der Waals surface area contributed by atoms with E-state index in [2.05, 4.69) is 5.32 Å². The van der Waals surface area contributed by atoms with Crippen LogP contribution in [0.4, 0.5) is 10.1 Å². The number of carboxylic acid groups (broad SMARTS) is 1. The monoisotopic (exact) mass is 269 g/mol. The Labute approximate surface area is 110 Å². The van der Waals surface area contributed by atoms with Crippen LogP contribution in [0, 0.1) is 11.7 Å². The molecule has 0 saturated heterocycles. The van der Waals surface area contributed by atoms with E-state index in [-0.39, 0.29) is 23.9 Å². The highest BCUT2D eigenvalue weighted by Crippen LogP contribution is 2.15. The number of benzene rings is 1. The van der Waals surface area contributed by atoms with Gasteiger partial charge in [-0.15, -0.1) is 0 Å². The molecular weight excluding hydrogens is 253 g/mol. The van der Waals surface area contributed by atoms with Gasteiger partial charge in [0, 0.05) is 25.8 Å². The zero-order valence-electron chi connectivity index (χ0n) is 10.8. The van der Waals surface area contributed by atoms with Crippen molar-refractivity contribution < 1.29 is 23.8 Å². The molecule has 0 heterocycles. The van der Waals surface area contributed by atoms with Gasteiger partial charge in [-0.05, 0) is 24.1 Å². The lowest BCUT2D eigenvalue weighted by atomic mass is 10.1. The van der Waals surface area contributed by atoms with Crippen LogP contribution in [0.15, 0.2) is 18.2 Å². The van der Waals surface area contributed by atoms with E-state index >= 15 is 0 Å². The number of hydrogen-bond donors (Lipinski definition) is 2. The number of ether oxygens (including phenoxy) is 1. The molecule has 0 bridgehead atoms. The minimum atomic E-state index is -1.34. The number of nitrogens with one attached hydrogen (secondary N) is 1. The number of anilines is 1. The quantitative estimate of drug-likeness (QED) is 0.829. The van der Waals surface area contributed by atoms with Crippen molar-refractivity contribution in [1.82, 2.24) is 0 Å². The Morgan fingerprint density at radius 1 is 1.47 bits per heavy atom. The molecule has 1 atom stereocenters. The third-order valence-corrected chi connectivity index (χ3v) is 2.47. The topological polar surface area (TPSA) is 75.6 Å². The highest BCUT2D eigenvalue weighted by atomic mass is 19.1. The van der Waals surface area contributed by atoms with Crippen LogP contribution in [0.5, 0.6) is 0 Å². The van der Waals surface area contributed by atoms with Gasteiger partial charge < -0.3 is 15.2 Å². The van der Waals surface area contributed by atoms with Crippen molar-refractivity contribution in [1.29, 1.82) is 0 Å². The molecule has 1 aromatic rings. The molecule has 2 N–H and O–H groups in total. The third kappa shape index (κ3) is 4.67. The van der Waals surface area contributed by atoms with Gasteiger partial charge >= 0.3 is 5.97 Å². The summed E-state index contributed by atoms with van der Waals surface area (Å²) in [6.45, 7) is 2.32. The van der Waals surface area contributed by atoms with Gasteiger partial charge in [0.05, 0.1) is 5.56 Å². The molecular formula is C13H16FNO4. The lowest BCUT2D eigenvalue weighted by Crippen LogP contribution is -2.17. The van der Waals surface area contributed by atoms with E-state index in [0.717, 1.165) is 12.1 Å². The lowest BCUT2D eigenvalue weighted by molar-refractivity contribution is -0.117. The molecule has 0 aliphatic rings. The molecule has 0 aromatic heterocycles. The molecule has 19 heavy (non-hydrogen) atoms. The van der Waals surface area contributed by atoms with Gasteiger partial charge in [0.15, 0.2) is 0 Å². The van der Waals surface area contributed by atoms with Gasteiger partial charge in [0.2, 0.25) is 5.91 Å². The first-order chi connectivity index (χ1) is 8.93. The van der Waals surface area contributed by atoms with Crippen molar-refractivity contribution in [3.8, 4) is 0 Å².